The van der Waals surface area contributed by atoms with Crippen LogP contribution < -0.4 is 5.73 Å². The zero-order valence-electron chi connectivity index (χ0n) is 8.58. The number of carbonyl (C=O) groups is 1. The van der Waals surface area contributed by atoms with Gasteiger partial charge in [-0.25, -0.2) is 0 Å². The molecule has 1 aromatic carbocycles. The smallest absolute Gasteiger partial charge is 0.175 e. The van der Waals surface area contributed by atoms with Crippen molar-refractivity contribution < 1.29 is 4.79 Å². The van der Waals surface area contributed by atoms with E-state index in [0.717, 1.165) is 12.0 Å². The molecule has 0 saturated heterocycles. The van der Waals surface area contributed by atoms with Gasteiger partial charge in [-0.1, -0.05) is 31.2 Å². The summed E-state index contributed by atoms with van der Waals surface area (Å²) < 4.78 is 0. The molecule has 2 nitrogen and oxygen atoms in total. The summed E-state index contributed by atoms with van der Waals surface area (Å²) in [6, 6.07) is 7.94. The molecule has 0 heterocycles. The number of carbonyl (C=O) groups excluding carboxylic acids is 1. The van der Waals surface area contributed by atoms with Crippen LogP contribution in [-0.4, -0.2) is 5.78 Å². The summed E-state index contributed by atoms with van der Waals surface area (Å²) in [4.78, 5) is 11.0. The van der Waals surface area contributed by atoms with Gasteiger partial charge in [-0.2, -0.15) is 0 Å². The van der Waals surface area contributed by atoms with Gasteiger partial charge in [0.25, 0.3) is 0 Å². The van der Waals surface area contributed by atoms with E-state index in [4.69, 9.17) is 5.73 Å². The molecule has 0 amide bonds. The van der Waals surface area contributed by atoms with E-state index in [1.54, 1.807) is 6.08 Å². The highest BCUT2D eigenvalue weighted by molar-refractivity contribution is 5.96. The lowest BCUT2D eigenvalue weighted by molar-refractivity contribution is -0.113. The molecule has 0 radical (unpaired) electrons. The van der Waals surface area contributed by atoms with Gasteiger partial charge in [0, 0.05) is 6.92 Å². The molecule has 2 N–H and O–H groups in total. The van der Waals surface area contributed by atoms with Gasteiger partial charge in [0.05, 0.1) is 5.70 Å². The van der Waals surface area contributed by atoms with Crippen LogP contribution in [0, 0.1) is 0 Å². The Morgan fingerprint density at radius 3 is 2.64 bits per heavy atom. The summed E-state index contributed by atoms with van der Waals surface area (Å²) >= 11 is 0. The summed E-state index contributed by atoms with van der Waals surface area (Å²) in [5.41, 5.74) is 8.13. The predicted octanol–water partition coefficient (Wildman–Crippen LogP) is 2.14. The van der Waals surface area contributed by atoms with Gasteiger partial charge < -0.3 is 5.73 Å². The standard InChI is InChI=1S/C12H15NO/c1-3-10-6-4-5-7-11(10)8-12(13)9(2)14/h4-8H,3,13H2,1-2H3/b12-8-. The van der Waals surface area contributed by atoms with E-state index in [9.17, 15) is 4.79 Å². The normalized spacial score (nSPS) is 11.4. The third-order valence-corrected chi connectivity index (χ3v) is 2.15. The second-order valence-electron chi connectivity index (χ2n) is 3.21. The third kappa shape index (κ3) is 2.46. The van der Waals surface area contributed by atoms with E-state index in [1.807, 2.05) is 24.3 Å². The second-order valence-corrected chi connectivity index (χ2v) is 3.21. The summed E-state index contributed by atoms with van der Waals surface area (Å²) in [7, 11) is 0. The minimum atomic E-state index is -0.0871. The van der Waals surface area contributed by atoms with Crippen molar-refractivity contribution in [2.24, 2.45) is 5.73 Å². The van der Waals surface area contributed by atoms with Crippen molar-refractivity contribution in [3.05, 3.63) is 41.1 Å². The first kappa shape index (κ1) is 10.5. The van der Waals surface area contributed by atoms with E-state index < -0.39 is 0 Å². The van der Waals surface area contributed by atoms with Crippen molar-refractivity contribution in [3.63, 3.8) is 0 Å². The Morgan fingerprint density at radius 1 is 1.43 bits per heavy atom. The molecule has 0 atom stereocenters. The largest absolute Gasteiger partial charge is 0.396 e. The Labute approximate surface area is 84.4 Å². The molecular formula is C12H15NO. The Balaban J connectivity index is 3.07. The minimum Gasteiger partial charge on any atom is -0.396 e. The van der Waals surface area contributed by atoms with E-state index >= 15 is 0 Å². The van der Waals surface area contributed by atoms with Gasteiger partial charge in [0.15, 0.2) is 5.78 Å². The van der Waals surface area contributed by atoms with Crippen molar-refractivity contribution in [1.29, 1.82) is 0 Å². The highest BCUT2D eigenvalue weighted by Gasteiger charge is 2.00. The number of ketones is 1. The summed E-state index contributed by atoms with van der Waals surface area (Å²) in [5, 5.41) is 0. The molecule has 0 aliphatic carbocycles. The summed E-state index contributed by atoms with van der Waals surface area (Å²) in [6.07, 6.45) is 2.68. The van der Waals surface area contributed by atoms with Crippen molar-refractivity contribution in [2.75, 3.05) is 0 Å². The summed E-state index contributed by atoms with van der Waals surface area (Å²) in [5.74, 6) is -0.0871. The van der Waals surface area contributed by atoms with Gasteiger partial charge in [-0.05, 0) is 23.6 Å². The number of Topliss-reactive ketones (excluding diaryl/α,β-unsaturated/α-hetero) is 1. The van der Waals surface area contributed by atoms with Gasteiger partial charge in [0.2, 0.25) is 0 Å². The lowest BCUT2D eigenvalue weighted by Gasteiger charge is -2.03. The van der Waals surface area contributed by atoms with Crippen LogP contribution in [0.2, 0.25) is 0 Å². The average Bonchev–Trinajstić information content (AvgIpc) is 2.18. The maximum absolute atomic E-state index is 11.0. The third-order valence-electron chi connectivity index (χ3n) is 2.15. The van der Waals surface area contributed by atoms with Crippen LogP contribution in [-0.2, 0) is 11.2 Å². The zero-order chi connectivity index (χ0) is 10.6. The molecule has 0 spiro atoms. The molecule has 0 aromatic heterocycles. The monoisotopic (exact) mass is 189 g/mol. The van der Waals surface area contributed by atoms with E-state index in [0.29, 0.717) is 5.70 Å². The molecular weight excluding hydrogens is 174 g/mol. The molecule has 0 saturated carbocycles. The van der Waals surface area contributed by atoms with Gasteiger partial charge in [0.1, 0.15) is 0 Å². The van der Waals surface area contributed by atoms with Crippen LogP contribution in [0.5, 0.6) is 0 Å². The first-order valence-corrected chi connectivity index (χ1v) is 4.71. The Kier molecular flexibility index (Phi) is 3.46. The molecule has 0 fully saturated rings. The quantitative estimate of drug-likeness (QED) is 0.740. The summed E-state index contributed by atoms with van der Waals surface area (Å²) in [6.45, 7) is 3.55. The van der Waals surface area contributed by atoms with Crippen LogP contribution in [0.4, 0.5) is 0 Å². The Morgan fingerprint density at radius 2 is 2.07 bits per heavy atom. The Hall–Kier alpha value is -1.57. The van der Waals surface area contributed by atoms with Crippen LogP contribution in [0.1, 0.15) is 25.0 Å². The first-order chi connectivity index (χ1) is 6.65. The van der Waals surface area contributed by atoms with Crippen LogP contribution >= 0.6 is 0 Å². The number of benzene rings is 1. The number of hydrogen-bond donors (Lipinski definition) is 1. The minimum absolute atomic E-state index is 0.0871. The molecule has 14 heavy (non-hydrogen) atoms. The van der Waals surface area contributed by atoms with Gasteiger partial charge in [-0.15, -0.1) is 0 Å². The number of hydrogen-bond acceptors (Lipinski definition) is 2. The number of rotatable bonds is 3. The fourth-order valence-corrected chi connectivity index (χ4v) is 1.27. The molecule has 0 unspecified atom stereocenters. The van der Waals surface area contributed by atoms with Crippen LogP contribution in [0.25, 0.3) is 6.08 Å². The SMILES string of the molecule is CCc1ccccc1/C=C(\N)C(C)=O. The molecule has 0 bridgehead atoms. The fourth-order valence-electron chi connectivity index (χ4n) is 1.27. The van der Waals surface area contributed by atoms with Crippen LogP contribution in [0.15, 0.2) is 30.0 Å². The lowest BCUT2D eigenvalue weighted by atomic mass is 10.0. The maximum atomic E-state index is 11.0. The van der Waals surface area contributed by atoms with E-state index in [1.165, 1.54) is 12.5 Å². The van der Waals surface area contributed by atoms with Gasteiger partial charge >= 0.3 is 0 Å². The molecule has 0 aliphatic heterocycles. The van der Waals surface area contributed by atoms with Crippen molar-refractivity contribution in [3.8, 4) is 0 Å². The highest BCUT2D eigenvalue weighted by atomic mass is 16.1. The maximum Gasteiger partial charge on any atom is 0.175 e. The van der Waals surface area contributed by atoms with Gasteiger partial charge in [-0.3, -0.25) is 4.79 Å². The molecule has 2 heteroatoms. The number of aryl methyl sites for hydroxylation is 1. The molecule has 74 valence electrons. The zero-order valence-corrected chi connectivity index (χ0v) is 8.58. The highest BCUT2D eigenvalue weighted by Crippen LogP contribution is 2.12. The fraction of sp³-hybridized carbons (Fsp3) is 0.250. The molecule has 1 aromatic rings. The molecule has 1 rings (SSSR count). The Bertz CT molecular complexity index is 366. The predicted molar refractivity (Wildman–Crippen MR) is 58.7 cm³/mol. The first-order valence-electron chi connectivity index (χ1n) is 4.71. The number of allylic oxidation sites excluding steroid dienone is 1. The average molecular weight is 189 g/mol. The van der Waals surface area contributed by atoms with Crippen molar-refractivity contribution in [2.45, 2.75) is 20.3 Å². The second kappa shape index (κ2) is 4.61. The van der Waals surface area contributed by atoms with E-state index in [-0.39, 0.29) is 5.78 Å². The van der Waals surface area contributed by atoms with Crippen molar-refractivity contribution in [1.82, 2.24) is 0 Å². The number of nitrogens with two attached hydrogens (primary N) is 1. The topological polar surface area (TPSA) is 43.1 Å². The van der Waals surface area contributed by atoms with Crippen molar-refractivity contribution >= 4 is 11.9 Å². The lowest BCUT2D eigenvalue weighted by Crippen LogP contribution is -2.06. The van der Waals surface area contributed by atoms with E-state index in [2.05, 4.69) is 6.92 Å². The van der Waals surface area contributed by atoms with Crippen LogP contribution in [0.3, 0.4) is 0 Å². The molecule has 0 aliphatic rings.